The van der Waals surface area contributed by atoms with E-state index in [0.717, 1.165) is 43.2 Å². The molecule has 6 rings (SSSR count). The number of hydrogen-bond donors (Lipinski definition) is 1. The van der Waals surface area contributed by atoms with Crippen LogP contribution in [0.25, 0.3) is 0 Å². The van der Waals surface area contributed by atoms with Crippen molar-refractivity contribution in [2.75, 3.05) is 26.2 Å². The lowest BCUT2D eigenvalue weighted by molar-refractivity contribution is -0.129. The number of carbonyl (C=O) groups is 1. The molecule has 140 valence electrons. The van der Waals surface area contributed by atoms with E-state index in [1.807, 2.05) is 0 Å². The van der Waals surface area contributed by atoms with Gasteiger partial charge in [0.2, 0.25) is 5.91 Å². The molecule has 4 nitrogen and oxygen atoms in total. The van der Waals surface area contributed by atoms with Crippen molar-refractivity contribution >= 4 is 5.91 Å². The van der Waals surface area contributed by atoms with Crippen LogP contribution in [-0.2, 0) is 4.79 Å². The summed E-state index contributed by atoms with van der Waals surface area (Å²) in [6.45, 7) is 7.02. The molecule has 1 unspecified atom stereocenters. The summed E-state index contributed by atoms with van der Waals surface area (Å²) in [5, 5.41) is 3.57. The van der Waals surface area contributed by atoms with Crippen molar-refractivity contribution in [2.45, 2.75) is 76.4 Å². The lowest BCUT2D eigenvalue weighted by Gasteiger charge is -2.54. The fraction of sp³-hybridized carbons (Fsp3) is 0.952. The zero-order chi connectivity index (χ0) is 17.0. The van der Waals surface area contributed by atoms with E-state index in [4.69, 9.17) is 0 Å². The number of nitrogens with zero attached hydrogens (tertiary/aromatic N) is 2. The summed E-state index contributed by atoms with van der Waals surface area (Å²) in [6.07, 6.45) is 10.6. The standard InChI is InChI=1S/C21H35N3O/c1-14(23-6-3-7-23)13-24-5-2-4-19(24)21(25)22-20-17-9-15-8-16(11-17)12-18(20)10-15/h14-20H,2-13H2,1H3,(H,22,25)/t14?,15?,16?,17?,18?,19-,20?/m1/s1. The van der Waals surface area contributed by atoms with Gasteiger partial charge in [0.15, 0.2) is 0 Å². The molecule has 0 aromatic carbocycles. The normalized spacial score (nSPS) is 44.7. The van der Waals surface area contributed by atoms with Gasteiger partial charge in [0, 0.05) is 18.6 Å². The summed E-state index contributed by atoms with van der Waals surface area (Å²) in [6, 6.07) is 1.24. The molecule has 1 N–H and O–H groups in total. The van der Waals surface area contributed by atoms with Crippen LogP contribution >= 0.6 is 0 Å². The Morgan fingerprint density at radius 3 is 2.28 bits per heavy atom. The first-order chi connectivity index (χ1) is 12.2. The minimum absolute atomic E-state index is 0.140. The highest BCUT2D eigenvalue weighted by Gasteiger charge is 2.49. The predicted octanol–water partition coefficient (Wildman–Crippen LogP) is 2.49. The largest absolute Gasteiger partial charge is 0.351 e. The second-order valence-electron chi connectivity index (χ2n) is 9.86. The maximum atomic E-state index is 13.1. The van der Waals surface area contributed by atoms with E-state index in [1.165, 1.54) is 58.0 Å². The van der Waals surface area contributed by atoms with Gasteiger partial charge < -0.3 is 5.32 Å². The van der Waals surface area contributed by atoms with Crippen molar-refractivity contribution in [2.24, 2.45) is 23.7 Å². The number of likely N-dealkylation sites (tertiary alicyclic amines) is 2. The highest BCUT2D eigenvalue weighted by atomic mass is 16.2. The molecule has 4 bridgehead atoms. The Kier molecular flexibility index (Phi) is 4.32. The van der Waals surface area contributed by atoms with E-state index in [-0.39, 0.29) is 6.04 Å². The highest BCUT2D eigenvalue weighted by Crippen LogP contribution is 2.53. The van der Waals surface area contributed by atoms with E-state index in [1.54, 1.807) is 0 Å². The number of amides is 1. The molecule has 0 spiro atoms. The molecule has 25 heavy (non-hydrogen) atoms. The highest BCUT2D eigenvalue weighted by molar-refractivity contribution is 5.82. The van der Waals surface area contributed by atoms with Gasteiger partial charge in [0.1, 0.15) is 0 Å². The van der Waals surface area contributed by atoms with Crippen molar-refractivity contribution < 1.29 is 4.79 Å². The van der Waals surface area contributed by atoms with Crippen LogP contribution in [0, 0.1) is 23.7 Å². The maximum Gasteiger partial charge on any atom is 0.237 e. The van der Waals surface area contributed by atoms with Gasteiger partial charge in [-0.05, 0) is 102 Å². The van der Waals surface area contributed by atoms with Gasteiger partial charge in [-0.2, -0.15) is 0 Å². The summed E-state index contributed by atoms with van der Waals surface area (Å²) in [5.41, 5.74) is 0. The van der Waals surface area contributed by atoms with Crippen LogP contribution < -0.4 is 5.32 Å². The molecule has 0 radical (unpaired) electrons. The van der Waals surface area contributed by atoms with Gasteiger partial charge in [-0.1, -0.05) is 0 Å². The first-order valence-electron chi connectivity index (χ1n) is 11.0. The summed E-state index contributed by atoms with van der Waals surface area (Å²) in [4.78, 5) is 18.2. The molecule has 6 fully saturated rings. The topological polar surface area (TPSA) is 35.6 Å². The Balaban J connectivity index is 1.20. The van der Waals surface area contributed by atoms with Crippen LogP contribution in [0.5, 0.6) is 0 Å². The third-order valence-electron chi connectivity index (χ3n) is 8.21. The average molecular weight is 346 g/mol. The number of nitrogens with one attached hydrogen (secondary N) is 1. The average Bonchev–Trinajstić information content (AvgIpc) is 2.96. The number of carbonyl (C=O) groups excluding carboxylic acids is 1. The molecule has 2 heterocycles. The summed E-state index contributed by atoms with van der Waals surface area (Å²) in [7, 11) is 0. The maximum absolute atomic E-state index is 13.1. The third-order valence-corrected chi connectivity index (χ3v) is 8.21. The molecule has 2 aliphatic heterocycles. The molecule has 0 aromatic rings. The summed E-state index contributed by atoms with van der Waals surface area (Å²) < 4.78 is 0. The van der Waals surface area contributed by atoms with Crippen LogP contribution in [0.2, 0.25) is 0 Å². The molecule has 4 aliphatic carbocycles. The minimum Gasteiger partial charge on any atom is -0.351 e. The van der Waals surface area contributed by atoms with Crippen molar-refractivity contribution in [1.82, 2.24) is 15.1 Å². The van der Waals surface area contributed by atoms with Crippen LogP contribution in [0.4, 0.5) is 0 Å². The van der Waals surface area contributed by atoms with Gasteiger partial charge in [-0.15, -0.1) is 0 Å². The van der Waals surface area contributed by atoms with Crippen molar-refractivity contribution in [1.29, 1.82) is 0 Å². The molecule has 0 aromatic heterocycles. The van der Waals surface area contributed by atoms with Crippen molar-refractivity contribution in [3.63, 3.8) is 0 Å². The molecular formula is C21H35N3O. The first-order valence-corrected chi connectivity index (χ1v) is 11.0. The molecule has 2 atom stereocenters. The van der Waals surface area contributed by atoms with Gasteiger partial charge in [0.25, 0.3) is 0 Å². The molecule has 1 amide bonds. The van der Waals surface area contributed by atoms with Gasteiger partial charge in [-0.25, -0.2) is 0 Å². The SMILES string of the molecule is CC(CN1CCC[C@@H]1C(=O)NC1C2CC3CC(C2)CC1C3)N1CCC1. The molecule has 2 saturated heterocycles. The second-order valence-corrected chi connectivity index (χ2v) is 9.86. The van der Waals surface area contributed by atoms with E-state index in [2.05, 4.69) is 22.0 Å². The van der Waals surface area contributed by atoms with Crippen LogP contribution in [0.3, 0.4) is 0 Å². The lowest BCUT2D eigenvalue weighted by atomic mass is 9.54. The van der Waals surface area contributed by atoms with Crippen LogP contribution in [-0.4, -0.2) is 60.0 Å². The summed E-state index contributed by atoms with van der Waals surface area (Å²) in [5.74, 6) is 3.89. The monoisotopic (exact) mass is 345 g/mol. The zero-order valence-electron chi connectivity index (χ0n) is 15.8. The van der Waals surface area contributed by atoms with E-state index in [0.29, 0.717) is 18.0 Å². The second kappa shape index (κ2) is 6.53. The van der Waals surface area contributed by atoms with Crippen LogP contribution in [0.15, 0.2) is 0 Å². The Labute approximate surface area is 152 Å². The smallest absolute Gasteiger partial charge is 0.237 e. The van der Waals surface area contributed by atoms with Gasteiger partial charge in [0.05, 0.1) is 6.04 Å². The quantitative estimate of drug-likeness (QED) is 0.831. The third kappa shape index (κ3) is 3.03. The molecule has 4 saturated carbocycles. The fourth-order valence-electron chi connectivity index (χ4n) is 7.00. The van der Waals surface area contributed by atoms with E-state index >= 15 is 0 Å². The Morgan fingerprint density at radius 2 is 1.68 bits per heavy atom. The predicted molar refractivity (Wildman–Crippen MR) is 99.2 cm³/mol. The summed E-state index contributed by atoms with van der Waals surface area (Å²) >= 11 is 0. The van der Waals surface area contributed by atoms with Crippen molar-refractivity contribution in [3.8, 4) is 0 Å². The Morgan fingerprint density at radius 1 is 1.00 bits per heavy atom. The molecule has 6 aliphatic rings. The Hall–Kier alpha value is -0.610. The first kappa shape index (κ1) is 16.6. The lowest BCUT2D eigenvalue weighted by Crippen LogP contribution is -2.59. The number of rotatable bonds is 5. The van der Waals surface area contributed by atoms with Gasteiger partial charge in [-0.3, -0.25) is 14.6 Å². The van der Waals surface area contributed by atoms with Crippen LogP contribution in [0.1, 0.15) is 58.3 Å². The fourth-order valence-corrected chi connectivity index (χ4v) is 7.00. The van der Waals surface area contributed by atoms with Gasteiger partial charge >= 0.3 is 0 Å². The minimum atomic E-state index is 0.140. The van der Waals surface area contributed by atoms with Crippen molar-refractivity contribution in [3.05, 3.63) is 0 Å². The molecule has 4 heteroatoms. The van der Waals surface area contributed by atoms with E-state index in [9.17, 15) is 4.79 Å². The molecular weight excluding hydrogens is 310 g/mol. The zero-order valence-corrected chi connectivity index (χ0v) is 15.8. The number of hydrogen-bond acceptors (Lipinski definition) is 3. The van der Waals surface area contributed by atoms with E-state index < -0.39 is 0 Å². The Bertz CT molecular complexity index is 489.